The van der Waals surface area contributed by atoms with Crippen LogP contribution >= 0.6 is 0 Å². The highest BCUT2D eigenvalue weighted by molar-refractivity contribution is 5.80. The number of anilines is 1. The molecule has 1 heterocycles. The van der Waals surface area contributed by atoms with E-state index in [9.17, 15) is 0 Å². The summed E-state index contributed by atoms with van der Waals surface area (Å²) < 4.78 is 0. The molecule has 2 N–H and O–H groups in total. The molecular weight excluding hydrogens is 322 g/mol. The van der Waals surface area contributed by atoms with Crippen LogP contribution in [0.4, 0.5) is 5.69 Å². The molecule has 5 heteroatoms. The highest BCUT2D eigenvalue weighted by atomic mass is 15.3. The van der Waals surface area contributed by atoms with Gasteiger partial charge in [-0.3, -0.25) is 9.89 Å². The van der Waals surface area contributed by atoms with E-state index in [-0.39, 0.29) is 0 Å². The Balaban J connectivity index is 1.33. The number of likely N-dealkylation sites (tertiary alicyclic amines) is 1. The molecule has 1 saturated carbocycles. The predicted octanol–water partition coefficient (Wildman–Crippen LogP) is 2.69. The maximum Gasteiger partial charge on any atom is 0.191 e. The minimum atomic E-state index is 0.536. The van der Waals surface area contributed by atoms with Gasteiger partial charge in [-0.05, 0) is 37.8 Å². The summed E-state index contributed by atoms with van der Waals surface area (Å²) in [5.41, 5.74) is 1.27. The molecule has 1 atom stereocenters. The molecular formula is C21H35N5. The Labute approximate surface area is 158 Å². The number of guanidine groups is 1. The zero-order valence-electron chi connectivity index (χ0n) is 16.5. The summed E-state index contributed by atoms with van der Waals surface area (Å²) in [6.07, 6.45) is 7.95. The van der Waals surface area contributed by atoms with Gasteiger partial charge in [-0.25, -0.2) is 0 Å². The van der Waals surface area contributed by atoms with E-state index in [2.05, 4.69) is 62.8 Å². The molecule has 2 aliphatic rings. The van der Waals surface area contributed by atoms with E-state index in [0.29, 0.717) is 6.04 Å². The first-order chi connectivity index (χ1) is 12.8. The van der Waals surface area contributed by atoms with Crippen LogP contribution in [0.15, 0.2) is 35.3 Å². The van der Waals surface area contributed by atoms with Crippen molar-refractivity contribution in [1.29, 1.82) is 0 Å². The maximum absolute atomic E-state index is 4.41. The molecule has 144 valence electrons. The summed E-state index contributed by atoms with van der Waals surface area (Å²) in [6.45, 7) is 4.38. The van der Waals surface area contributed by atoms with Gasteiger partial charge in [0.05, 0.1) is 0 Å². The molecule has 3 rings (SSSR count). The van der Waals surface area contributed by atoms with Crippen molar-refractivity contribution in [3.8, 4) is 0 Å². The molecule has 0 aromatic heterocycles. The lowest BCUT2D eigenvalue weighted by molar-refractivity contribution is 0.242. The van der Waals surface area contributed by atoms with Gasteiger partial charge in [0.15, 0.2) is 5.96 Å². The van der Waals surface area contributed by atoms with Crippen molar-refractivity contribution in [3.63, 3.8) is 0 Å². The van der Waals surface area contributed by atoms with Crippen LogP contribution in [0.25, 0.3) is 0 Å². The fraction of sp³-hybridized carbons (Fsp3) is 0.667. The Hall–Kier alpha value is -1.75. The second-order valence-electron chi connectivity index (χ2n) is 7.67. The van der Waals surface area contributed by atoms with Crippen LogP contribution in [0.1, 0.15) is 38.5 Å². The number of nitrogens with one attached hydrogen (secondary N) is 2. The Morgan fingerprint density at radius 3 is 2.69 bits per heavy atom. The lowest BCUT2D eigenvalue weighted by Gasteiger charge is -2.24. The molecule has 1 aromatic rings. The van der Waals surface area contributed by atoms with Crippen molar-refractivity contribution in [2.24, 2.45) is 4.99 Å². The van der Waals surface area contributed by atoms with Gasteiger partial charge in [0.1, 0.15) is 0 Å². The van der Waals surface area contributed by atoms with Crippen LogP contribution in [0, 0.1) is 0 Å². The fourth-order valence-electron chi connectivity index (χ4n) is 4.23. The van der Waals surface area contributed by atoms with E-state index in [1.807, 2.05) is 7.05 Å². The highest BCUT2D eigenvalue weighted by Gasteiger charge is 2.30. The first-order valence-electron chi connectivity index (χ1n) is 10.2. The molecule has 5 nitrogen and oxygen atoms in total. The molecule has 0 bridgehead atoms. The maximum atomic E-state index is 4.41. The number of aliphatic imine (C=N–C) groups is 1. The largest absolute Gasteiger partial charge is 0.375 e. The third-order valence-corrected chi connectivity index (χ3v) is 5.78. The van der Waals surface area contributed by atoms with Crippen LogP contribution < -0.4 is 15.5 Å². The summed E-state index contributed by atoms with van der Waals surface area (Å²) in [4.78, 5) is 9.40. The van der Waals surface area contributed by atoms with Crippen LogP contribution in [-0.4, -0.2) is 63.2 Å². The van der Waals surface area contributed by atoms with E-state index < -0.39 is 0 Å². The summed E-state index contributed by atoms with van der Waals surface area (Å²) in [7, 11) is 4.02. The molecule has 1 aliphatic heterocycles. The monoisotopic (exact) mass is 357 g/mol. The van der Waals surface area contributed by atoms with Gasteiger partial charge in [-0.2, -0.15) is 0 Å². The predicted molar refractivity (Wildman–Crippen MR) is 111 cm³/mol. The van der Waals surface area contributed by atoms with Gasteiger partial charge >= 0.3 is 0 Å². The van der Waals surface area contributed by atoms with Crippen LogP contribution in [0.5, 0.6) is 0 Å². The average Bonchev–Trinajstić information content (AvgIpc) is 3.36. The molecule has 1 saturated heterocycles. The second kappa shape index (κ2) is 9.81. The molecule has 0 amide bonds. The second-order valence-corrected chi connectivity index (χ2v) is 7.67. The number of hydrogen-bond acceptors (Lipinski definition) is 3. The smallest absolute Gasteiger partial charge is 0.191 e. The van der Waals surface area contributed by atoms with Gasteiger partial charge < -0.3 is 15.5 Å². The summed E-state index contributed by atoms with van der Waals surface area (Å²) >= 11 is 0. The Morgan fingerprint density at radius 2 is 1.96 bits per heavy atom. The van der Waals surface area contributed by atoms with E-state index in [1.165, 1.54) is 50.9 Å². The SMILES string of the molecule is CN=C(NCCCN(C)c1ccccc1)NC1CCN(C2CCCC2)C1. The zero-order valence-corrected chi connectivity index (χ0v) is 16.5. The standard InChI is InChI=1S/C21H35N5/c1-22-21(23-14-8-15-25(2)19-9-4-3-5-10-19)24-18-13-16-26(17-18)20-11-6-7-12-20/h3-5,9-10,18,20H,6-8,11-17H2,1-2H3,(H2,22,23,24). The van der Waals surface area contributed by atoms with Crippen molar-refractivity contribution >= 4 is 11.6 Å². The van der Waals surface area contributed by atoms with Crippen molar-refractivity contribution < 1.29 is 0 Å². The lowest BCUT2D eigenvalue weighted by Crippen LogP contribution is -2.45. The van der Waals surface area contributed by atoms with Crippen molar-refractivity contribution in [1.82, 2.24) is 15.5 Å². The number of nitrogens with zero attached hydrogens (tertiary/aromatic N) is 3. The minimum Gasteiger partial charge on any atom is -0.375 e. The van der Waals surface area contributed by atoms with E-state index in [4.69, 9.17) is 0 Å². The number of rotatable bonds is 7. The number of benzene rings is 1. The number of para-hydroxylation sites is 1. The van der Waals surface area contributed by atoms with E-state index in [1.54, 1.807) is 0 Å². The average molecular weight is 358 g/mol. The highest BCUT2D eigenvalue weighted by Crippen LogP contribution is 2.26. The summed E-state index contributed by atoms with van der Waals surface area (Å²) in [5, 5.41) is 7.10. The molecule has 0 spiro atoms. The van der Waals surface area contributed by atoms with Crippen LogP contribution in [0.2, 0.25) is 0 Å². The Morgan fingerprint density at radius 1 is 1.19 bits per heavy atom. The van der Waals surface area contributed by atoms with Gasteiger partial charge in [-0.1, -0.05) is 31.0 Å². The third-order valence-electron chi connectivity index (χ3n) is 5.78. The van der Waals surface area contributed by atoms with E-state index in [0.717, 1.165) is 31.5 Å². The molecule has 2 fully saturated rings. The Bertz CT molecular complexity index is 553. The topological polar surface area (TPSA) is 42.9 Å². The van der Waals surface area contributed by atoms with Gasteiger partial charge in [-0.15, -0.1) is 0 Å². The minimum absolute atomic E-state index is 0.536. The first-order valence-corrected chi connectivity index (χ1v) is 10.2. The van der Waals surface area contributed by atoms with Crippen LogP contribution in [0.3, 0.4) is 0 Å². The summed E-state index contributed by atoms with van der Waals surface area (Å²) in [5.74, 6) is 0.950. The number of hydrogen-bond donors (Lipinski definition) is 2. The summed E-state index contributed by atoms with van der Waals surface area (Å²) in [6, 6.07) is 11.9. The fourth-order valence-corrected chi connectivity index (χ4v) is 4.23. The molecule has 26 heavy (non-hydrogen) atoms. The van der Waals surface area contributed by atoms with Crippen molar-refractivity contribution in [2.75, 3.05) is 45.2 Å². The Kier molecular flexibility index (Phi) is 7.18. The van der Waals surface area contributed by atoms with Gasteiger partial charge in [0.2, 0.25) is 0 Å². The molecule has 1 unspecified atom stereocenters. The zero-order chi connectivity index (χ0) is 18.2. The third kappa shape index (κ3) is 5.37. The van der Waals surface area contributed by atoms with E-state index >= 15 is 0 Å². The molecule has 0 radical (unpaired) electrons. The normalized spacial score (nSPS) is 21.9. The van der Waals surface area contributed by atoms with Gasteiger partial charge in [0, 0.05) is 58.0 Å². The lowest BCUT2D eigenvalue weighted by atomic mass is 10.2. The van der Waals surface area contributed by atoms with Crippen molar-refractivity contribution in [2.45, 2.75) is 50.6 Å². The first kappa shape index (κ1) is 19.0. The van der Waals surface area contributed by atoms with Crippen molar-refractivity contribution in [3.05, 3.63) is 30.3 Å². The molecule has 1 aliphatic carbocycles. The quantitative estimate of drug-likeness (QED) is 0.447. The molecule has 1 aromatic carbocycles. The van der Waals surface area contributed by atoms with Crippen LogP contribution in [-0.2, 0) is 0 Å². The van der Waals surface area contributed by atoms with Gasteiger partial charge in [0.25, 0.3) is 0 Å².